The molecule has 0 spiro atoms. The minimum Gasteiger partial charge on any atom is -0.350 e. The lowest BCUT2D eigenvalue weighted by atomic mass is 9.86. The highest BCUT2D eigenvalue weighted by atomic mass is 32.1. The number of hydrogen-bond donors (Lipinski definition) is 3. The van der Waals surface area contributed by atoms with Crippen molar-refractivity contribution in [1.29, 1.82) is 0 Å². The molecule has 1 aliphatic rings. The summed E-state index contributed by atoms with van der Waals surface area (Å²) in [7, 11) is 0. The largest absolute Gasteiger partial charge is 0.350 e. The van der Waals surface area contributed by atoms with E-state index in [0.29, 0.717) is 56.8 Å². The van der Waals surface area contributed by atoms with Crippen molar-refractivity contribution < 1.29 is 29.0 Å². The van der Waals surface area contributed by atoms with Crippen molar-refractivity contribution in [2.24, 2.45) is 22.2 Å². The Morgan fingerprint density at radius 3 is 2.76 bits per heavy atom. The maximum Gasteiger partial charge on any atom is 0.248 e. The van der Waals surface area contributed by atoms with Crippen LogP contribution >= 0.6 is 11.3 Å². The molecule has 1 unspecified atom stereocenters. The number of hydroxylamine groups is 2. The molecule has 16 heteroatoms. The fourth-order valence-electron chi connectivity index (χ4n) is 4.53. The molecule has 1 aliphatic heterocycles. The summed E-state index contributed by atoms with van der Waals surface area (Å²) in [4.78, 5) is 59.5. The molecule has 1 aromatic heterocycles. The Balaban J connectivity index is 2.16. The van der Waals surface area contributed by atoms with Crippen molar-refractivity contribution in [3.8, 4) is 0 Å². The Hall–Kier alpha value is -3.08. The number of carbonyl (C=O) groups excluding carboxylic acids is 3. The van der Waals surface area contributed by atoms with E-state index in [0.717, 1.165) is 12.8 Å². The van der Waals surface area contributed by atoms with Crippen LogP contribution in [-0.2, 0) is 24.0 Å². The smallest absolute Gasteiger partial charge is 0.248 e. The van der Waals surface area contributed by atoms with Crippen molar-refractivity contribution in [3.05, 3.63) is 21.7 Å². The number of nitrogens with one attached hydrogen (secondary N) is 3. The third kappa shape index (κ3) is 13.0. The van der Waals surface area contributed by atoms with Gasteiger partial charge in [0, 0.05) is 24.6 Å². The van der Waals surface area contributed by atoms with Crippen LogP contribution in [0.15, 0.2) is 21.9 Å². The predicted molar refractivity (Wildman–Crippen MR) is 151 cm³/mol. The lowest BCUT2D eigenvalue weighted by molar-refractivity contribution is -0.494. The fraction of sp³-hybridized carbons (Fsp3) is 0.760. The lowest BCUT2D eigenvalue weighted by Crippen LogP contribution is -2.52. The summed E-state index contributed by atoms with van der Waals surface area (Å²) in [6.45, 7) is 6.85. The van der Waals surface area contributed by atoms with E-state index >= 15 is 0 Å². The second-order valence-corrected chi connectivity index (χ2v) is 11.0. The summed E-state index contributed by atoms with van der Waals surface area (Å²) in [6.07, 6.45) is 6.57. The maximum atomic E-state index is 13.8. The van der Waals surface area contributed by atoms with Crippen molar-refractivity contribution in [1.82, 2.24) is 20.7 Å². The Labute approximate surface area is 243 Å². The van der Waals surface area contributed by atoms with Gasteiger partial charge in [-0.1, -0.05) is 27.2 Å². The van der Waals surface area contributed by atoms with Gasteiger partial charge in [-0.25, -0.2) is 14.9 Å². The van der Waals surface area contributed by atoms with Gasteiger partial charge in [-0.05, 0) is 51.0 Å². The maximum absolute atomic E-state index is 13.8. The molecule has 2 heterocycles. The predicted octanol–water partition coefficient (Wildman–Crippen LogP) is 3.29. The summed E-state index contributed by atoms with van der Waals surface area (Å²) in [6, 6.07) is -1.44. The normalized spacial score (nSPS) is 17.6. The molecular weight excluding hydrogens is 556 g/mol. The van der Waals surface area contributed by atoms with Crippen LogP contribution in [0.4, 0.5) is 5.13 Å². The van der Waals surface area contributed by atoms with Gasteiger partial charge in [-0.15, -0.1) is 11.3 Å². The zero-order chi connectivity index (χ0) is 30.0. The molecule has 15 nitrogen and oxygen atoms in total. The molecule has 230 valence electrons. The van der Waals surface area contributed by atoms with Crippen LogP contribution in [0.25, 0.3) is 0 Å². The van der Waals surface area contributed by atoms with Crippen molar-refractivity contribution in [2.75, 3.05) is 25.1 Å². The van der Waals surface area contributed by atoms with E-state index in [1.165, 1.54) is 16.4 Å². The molecule has 0 saturated carbocycles. The average Bonchev–Trinajstić information content (AvgIpc) is 3.45. The van der Waals surface area contributed by atoms with Gasteiger partial charge in [0.25, 0.3) is 0 Å². The Morgan fingerprint density at radius 2 is 2.15 bits per heavy atom. The van der Waals surface area contributed by atoms with Crippen LogP contribution in [0.2, 0.25) is 0 Å². The molecule has 0 aliphatic carbocycles. The highest BCUT2D eigenvalue weighted by Gasteiger charge is 2.36. The molecule has 1 saturated heterocycles. The number of nitro groups is 1. The Kier molecular flexibility index (Phi) is 15.9. The van der Waals surface area contributed by atoms with Gasteiger partial charge < -0.3 is 25.5 Å². The first-order chi connectivity index (χ1) is 19.7. The first kappa shape index (κ1) is 34.1. The van der Waals surface area contributed by atoms with E-state index in [1.807, 2.05) is 20.8 Å². The molecule has 4 atom stereocenters. The third-order valence-electron chi connectivity index (χ3n) is 6.38. The topological polar surface area (TPSA) is 190 Å². The molecule has 0 radical (unpaired) electrons. The van der Waals surface area contributed by atoms with Crippen molar-refractivity contribution in [3.63, 3.8) is 0 Å². The van der Waals surface area contributed by atoms with Crippen molar-refractivity contribution in [2.45, 2.75) is 90.5 Å². The Morgan fingerprint density at radius 1 is 1.34 bits per heavy atom. The summed E-state index contributed by atoms with van der Waals surface area (Å²) < 4.78 is 5.66. The number of carbonyl (C=O) groups is 3. The lowest BCUT2D eigenvalue weighted by Gasteiger charge is -2.37. The minimum absolute atomic E-state index is 0.0509. The molecule has 2 rings (SSSR count). The average molecular weight is 599 g/mol. The van der Waals surface area contributed by atoms with Crippen LogP contribution in [0, 0.1) is 22.0 Å². The molecule has 3 amide bonds. The van der Waals surface area contributed by atoms with Crippen LogP contribution in [0.5, 0.6) is 0 Å². The van der Waals surface area contributed by atoms with Crippen LogP contribution in [-0.4, -0.2) is 71.5 Å². The monoisotopic (exact) mass is 598 g/mol. The fourth-order valence-corrected chi connectivity index (χ4v) is 5.06. The summed E-state index contributed by atoms with van der Waals surface area (Å²) in [5.41, 5.74) is 0. The summed E-state index contributed by atoms with van der Waals surface area (Å²) in [5.74, 6) is -1.29. The van der Waals surface area contributed by atoms with E-state index in [1.54, 1.807) is 11.6 Å². The zero-order valence-electron chi connectivity index (χ0n) is 23.9. The number of ether oxygens (including phenoxy) is 1. The first-order valence-corrected chi connectivity index (χ1v) is 14.9. The van der Waals surface area contributed by atoms with E-state index < -0.39 is 35.2 Å². The van der Waals surface area contributed by atoms with Gasteiger partial charge in [0.15, 0.2) is 16.6 Å². The molecule has 0 aromatic carbocycles. The van der Waals surface area contributed by atoms with Gasteiger partial charge in [0.2, 0.25) is 24.9 Å². The second-order valence-electron chi connectivity index (χ2n) is 10.1. The molecule has 1 aromatic rings. The van der Waals surface area contributed by atoms with E-state index in [-0.39, 0.29) is 24.9 Å². The number of amides is 3. The molecule has 41 heavy (non-hydrogen) atoms. The number of aromatic nitrogens is 1. The number of nitrogens with zero attached hydrogens (tertiary/aromatic N) is 5. The van der Waals surface area contributed by atoms with Gasteiger partial charge in [0.05, 0.1) is 22.1 Å². The van der Waals surface area contributed by atoms with Crippen LogP contribution in [0.1, 0.15) is 72.1 Å². The quantitative estimate of drug-likeness (QED) is 0.0665. The number of thiazole rings is 1. The van der Waals surface area contributed by atoms with Crippen molar-refractivity contribution >= 4 is 34.7 Å². The summed E-state index contributed by atoms with van der Waals surface area (Å²) in [5, 5.41) is 27.4. The standard InChI is InChI=1S/C25H42N8O7S/c1-4-8-21(32(17-34)40-22-10-5-6-13-39-22)19(15-18(2)3)23(35)29-20(24(36)30-25-27-12-14-41-25)9-7-11-26-16-28-31-33(37)38/h12,14,17-22,26H,4-11,13,15-16H2,1-3H3,(H,29,35)(H,27,30,36)/t19-,20+,21+,22?/m1/s1. The number of hydrogen-bond acceptors (Lipinski definition) is 11. The van der Waals surface area contributed by atoms with E-state index in [4.69, 9.17) is 9.57 Å². The third-order valence-corrected chi connectivity index (χ3v) is 7.07. The van der Waals surface area contributed by atoms with Gasteiger partial charge >= 0.3 is 0 Å². The molecule has 0 bridgehead atoms. The molecule has 3 N–H and O–H groups in total. The molecule has 1 fully saturated rings. The minimum atomic E-state index is -0.894. The number of anilines is 1. The summed E-state index contributed by atoms with van der Waals surface area (Å²) >= 11 is 1.26. The van der Waals surface area contributed by atoms with Crippen LogP contribution in [0.3, 0.4) is 0 Å². The first-order valence-electron chi connectivity index (χ1n) is 14.0. The zero-order valence-corrected chi connectivity index (χ0v) is 24.7. The van der Waals surface area contributed by atoms with Gasteiger partial charge in [-0.2, -0.15) is 0 Å². The van der Waals surface area contributed by atoms with E-state index in [2.05, 4.69) is 31.3 Å². The highest BCUT2D eigenvalue weighted by molar-refractivity contribution is 7.13. The highest BCUT2D eigenvalue weighted by Crippen LogP contribution is 2.26. The molecular formula is C25H42N8O7S. The van der Waals surface area contributed by atoms with Crippen LogP contribution < -0.4 is 16.0 Å². The number of rotatable bonds is 20. The SMILES string of the molecule is CCC[C@@H]([C@@H](CC(C)C)C(=O)N[C@@H](CCCNCN=N[N+](=O)[O-])C(=O)Nc1nccs1)N(C=O)OC1CCCCO1. The van der Waals surface area contributed by atoms with Gasteiger partial charge in [0.1, 0.15) is 6.04 Å². The van der Waals surface area contributed by atoms with E-state index in [9.17, 15) is 24.5 Å². The second kappa shape index (κ2) is 19.1. The van der Waals surface area contributed by atoms with Gasteiger partial charge in [-0.3, -0.25) is 19.7 Å². The Bertz CT molecular complexity index is 960.